The van der Waals surface area contributed by atoms with Crippen molar-refractivity contribution in [2.24, 2.45) is 0 Å². The van der Waals surface area contributed by atoms with E-state index in [0.717, 1.165) is 16.1 Å². The highest BCUT2D eigenvalue weighted by Gasteiger charge is 2.22. The van der Waals surface area contributed by atoms with Gasteiger partial charge in [-0.2, -0.15) is 5.10 Å². The lowest BCUT2D eigenvalue weighted by atomic mass is 10.3. The number of benzene rings is 1. The number of aromatic nitrogens is 2. The fourth-order valence-corrected chi connectivity index (χ4v) is 3.50. The number of esters is 1. The Hall–Kier alpha value is -3.13. The zero-order valence-corrected chi connectivity index (χ0v) is 16.7. The van der Waals surface area contributed by atoms with Crippen LogP contribution in [0.25, 0.3) is 5.69 Å². The van der Waals surface area contributed by atoms with Crippen LogP contribution in [0.15, 0.2) is 48.0 Å². The smallest absolute Gasteiger partial charge is 0.363 e. The number of hydrogen-bond donors (Lipinski definition) is 0. The monoisotopic (exact) mass is 399 g/mol. The molecule has 0 aliphatic carbocycles. The number of nitrogens with zero attached hydrogens (tertiary/aromatic N) is 3. The minimum atomic E-state index is -0.708. The second-order valence-electron chi connectivity index (χ2n) is 6.18. The summed E-state index contributed by atoms with van der Waals surface area (Å²) in [4.78, 5) is 27.4. The van der Waals surface area contributed by atoms with Crippen LogP contribution in [-0.2, 0) is 16.1 Å². The molecule has 0 bridgehead atoms. The number of likely N-dealkylation sites (N-methyl/N-ethyl adjacent to an activating group) is 1. The summed E-state index contributed by atoms with van der Waals surface area (Å²) < 4.78 is 11.9. The van der Waals surface area contributed by atoms with Crippen molar-refractivity contribution in [2.45, 2.75) is 13.5 Å². The topological polar surface area (TPSA) is 73.7 Å². The molecule has 2 heterocycles. The second-order valence-corrected chi connectivity index (χ2v) is 7.18. The maximum absolute atomic E-state index is 12.4. The number of rotatable bonds is 7. The zero-order chi connectivity index (χ0) is 20.1. The first-order chi connectivity index (χ1) is 13.5. The Morgan fingerprint density at radius 1 is 1.21 bits per heavy atom. The van der Waals surface area contributed by atoms with Gasteiger partial charge in [0.15, 0.2) is 12.4 Å². The summed E-state index contributed by atoms with van der Waals surface area (Å²) >= 11 is 1.59. The molecule has 0 spiro atoms. The predicted molar refractivity (Wildman–Crippen MR) is 106 cm³/mol. The van der Waals surface area contributed by atoms with Gasteiger partial charge in [0.25, 0.3) is 5.91 Å². The SMILES string of the molecule is COc1cn(-c2ccccc2)nc1C(=O)OCC(=O)N(C)Cc1sccc1C. The predicted octanol–water partition coefficient (Wildman–Crippen LogP) is 3.07. The van der Waals surface area contributed by atoms with Gasteiger partial charge in [0.05, 0.1) is 25.5 Å². The van der Waals surface area contributed by atoms with E-state index in [1.807, 2.05) is 48.7 Å². The van der Waals surface area contributed by atoms with Crippen LogP contribution >= 0.6 is 11.3 Å². The van der Waals surface area contributed by atoms with Gasteiger partial charge in [-0.25, -0.2) is 9.48 Å². The van der Waals surface area contributed by atoms with Gasteiger partial charge in [-0.3, -0.25) is 4.79 Å². The minimum Gasteiger partial charge on any atom is -0.493 e. The van der Waals surface area contributed by atoms with E-state index in [9.17, 15) is 9.59 Å². The van der Waals surface area contributed by atoms with E-state index in [1.165, 1.54) is 16.7 Å². The number of ether oxygens (including phenoxy) is 2. The number of aryl methyl sites for hydroxylation is 1. The highest BCUT2D eigenvalue weighted by atomic mass is 32.1. The third kappa shape index (κ3) is 4.40. The Balaban J connectivity index is 1.63. The Morgan fingerprint density at radius 3 is 2.61 bits per heavy atom. The molecule has 1 amide bonds. The van der Waals surface area contributed by atoms with Crippen LogP contribution in [0.1, 0.15) is 20.9 Å². The van der Waals surface area contributed by atoms with Crippen LogP contribution in [0.2, 0.25) is 0 Å². The Labute approximate surface area is 167 Å². The summed E-state index contributed by atoms with van der Waals surface area (Å²) in [6.07, 6.45) is 1.60. The van der Waals surface area contributed by atoms with E-state index in [2.05, 4.69) is 5.10 Å². The van der Waals surface area contributed by atoms with Crippen molar-refractivity contribution < 1.29 is 19.1 Å². The molecule has 0 aliphatic heterocycles. The summed E-state index contributed by atoms with van der Waals surface area (Å²) in [5.74, 6) is -0.716. The molecule has 0 saturated heterocycles. The maximum atomic E-state index is 12.4. The molecule has 0 saturated carbocycles. The van der Waals surface area contributed by atoms with Gasteiger partial charge in [-0.1, -0.05) is 18.2 Å². The minimum absolute atomic E-state index is 0.0240. The Morgan fingerprint density at radius 2 is 1.96 bits per heavy atom. The normalized spacial score (nSPS) is 10.5. The van der Waals surface area contributed by atoms with Gasteiger partial charge in [-0.15, -0.1) is 11.3 Å². The fourth-order valence-electron chi connectivity index (χ4n) is 2.54. The second kappa shape index (κ2) is 8.71. The lowest BCUT2D eigenvalue weighted by Gasteiger charge is -2.16. The van der Waals surface area contributed by atoms with Crippen molar-refractivity contribution in [3.63, 3.8) is 0 Å². The van der Waals surface area contributed by atoms with E-state index >= 15 is 0 Å². The Bertz CT molecular complexity index is 965. The molecule has 3 aromatic rings. The van der Waals surface area contributed by atoms with Crippen LogP contribution in [-0.4, -0.2) is 47.3 Å². The fraction of sp³-hybridized carbons (Fsp3) is 0.250. The van der Waals surface area contributed by atoms with Crippen molar-refractivity contribution in [1.29, 1.82) is 0 Å². The van der Waals surface area contributed by atoms with Crippen LogP contribution in [0.5, 0.6) is 5.75 Å². The van der Waals surface area contributed by atoms with Crippen LogP contribution in [0.3, 0.4) is 0 Å². The molecule has 8 heteroatoms. The summed E-state index contributed by atoms with van der Waals surface area (Å²) in [6.45, 7) is 2.12. The summed E-state index contributed by atoms with van der Waals surface area (Å²) in [5, 5.41) is 6.22. The maximum Gasteiger partial charge on any atom is 0.363 e. The van der Waals surface area contributed by atoms with E-state index in [1.54, 1.807) is 24.6 Å². The first-order valence-electron chi connectivity index (χ1n) is 8.62. The molecule has 2 aromatic heterocycles. The first-order valence-corrected chi connectivity index (χ1v) is 9.50. The molecule has 0 fully saturated rings. The molecule has 28 heavy (non-hydrogen) atoms. The molecule has 146 valence electrons. The summed E-state index contributed by atoms with van der Waals surface area (Å²) in [5.41, 5.74) is 1.94. The molecule has 3 rings (SSSR count). The highest BCUT2D eigenvalue weighted by Crippen LogP contribution is 2.21. The summed E-state index contributed by atoms with van der Waals surface area (Å²) in [6, 6.07) is 11.3. The van der Waals surface area contributed by atoms with Crippen LogP contribution < -0.4 is 4.74 Å². The molecule has 1 aromatic carbocycles. The van der Waals surface area contributed by atoms with Gasteiger partial charge in [0, 0.05) is 11.9 Å². The third-order valence-electron chi connectivity index (χ3n) is 4.22. The van der Waals surface area contributed by atoms with E-state index in [-0.39, 0.29) is 24.0 Å². The average molecular weight is 399 g/mol. The van der Waals surface area contributed by atoms with Gasteiger partial charge < -0.3 is 14.4 Å². The molecular formula is C20H21N3O4S. The molecule has 0 N–H and O–H groups in total. The lowest BCUT2D eigenvalue weighted by Crippen LogP contribution is -2.30. The third-order valence-corrected chi connectivity index (χ3v) is 5.22. The number of methoxy groups -OCH3 is 1. The molecule has 0 aliphatic rings. The van der Waals surface area contributed by atoms with Gasteiger partial charge >= 0.3 is 5.97 Å². The summed E-state index contributed by atoms with van der Waals surface area (Å²) in [7, 11) is 3.13. The van der Waals surface area contributed by atoms with E-state index < -0.39 is 5.97 Å². The standard InChI is InChI=1S/C20H21N3O4S/c1-14-9-10-28-17(14)12-22(2)18(24)13-27-20(25)19-16(26-3)11-23(21-19)15-7-5-4-6-8-15/h4-11H,12-13H2,1-3H3. The number of para-hydroxylation sites is 1. The molecule has 0 atom stereocenters. The number of carbonyl (C=O) groups excluding carboxylic acids is 2. The highest BCUT2D eigenvalue weighted by molar-refractivity contribution is 7.10. The Kier molecular flexibility index (Phi) is 6.10. The van der Waals surface area contributed by atoms with Crippen molar-refractivity contribution in [3.05, 3.63) is 64.1 Å². The number of thiophene rings is 1. The van der Waals surface area contributed by atoms with E-state index in [0.29, 0.717) is 6.54 Å². The molecule has 7 nitrogen and oxygen atoms in total. The first kappa shape index (κ1) is 19.6. The lowest BCUT2D eigenvalue weighted by molar-refractivity contribution is -0.133. The zero-order valence-electron chi connectivity index (χ0n) is 15.9. The number of carbonyl (C=O) groups is 2. The quantitative estimate of drug-likeness (QED) is 0.571. The van der Waals surface area contributed by atoms with Crippen molar-refractivity contribution >= 4 is 23.2 Å². The van der Waals surface area contributed by atoms with Crippen molar-refractivity contribution in [3.8, 4) is 11.4 Å². The number of amides is 1. The average Bonchev–Trinajstić information content (AvgIpc) is 3.33. The van der Waals surface area contributed by atoms with E-state index in [4.69, 9.17) is 9.47 Å². The number of hydrogen-bond acceptors (Lipinski definition) is 6. The van der Waals surface area contributed by atoms with Crippen molar-refractivity contribution in [2.75, 3.05) is 20.8 Å². The molecule has 0 radical (unpaired) electrons. The van der Waals surface area contributed by atoms with Gasteiger partial charge in [0.2, 0.25) is 5.69 Å². The largest absolute Gasteiger partial charge is 0.493 e. The van der Waals surface area contributed by atoms with Gasteiger partial charge in [-0.05, 0) is 36.1 Å². The van der Waals surface area contributed by atoms with Crippen molar-refractivity contribution in [1.82, 2.24) is 14.7 Å². The molecular weight excluding hydrogens is 378 g/mol. The molecule has 0 unspecified atom stereocenters. The van der Waals surface area contributed by atoms with Crippen LogP contribution in [0, 0.1) is 6.92 Å². The van der Waals surface area contributed by atoms with Gasteiger partial charge in [0.1, 0.15) is 0 Å². The van der Waals surface area contributed by atoms with Crippen LogP contribution in [0.4, 0.5) is 0 Å².